The Hall–Kier alpha value is -2.35. The molecule has 0 fully saturated rings. The van der Waals surface area contributed by atoms with Crippen LogP contribution >= 0.6 is 0 Å². The molecule has 18 heavy (non-hydrogen) atoms. The number of hydrogen-bond donors (Lipinski definition) is 1. The van der Waals surface area contributed by atoms with Crippen molar-refractivity contribution < 1.29 is 19.4 Å². The van der Waals surface area contributed by atoms with Gasteiger partial charge in [0.25, 0.3) is 0 Å². The monoisotopic (exact) mass is 247 g/mol. The average Bonchev–Trinajstić information content (AvgIpc) is 2.36. The summed E-state index contributed by atoms with van der Waals surface area (Å²) >= 11 is 0. The summed E-state index contributed by atoms with van der Waals surface area (Å²) in [6.45, 7) is 1.94. The molecule has 5 heteroatoms. The molecule has 0 aliphatic heterocycles. The van der Waals surface area contributed by atoms with E-state index in [4.69, 9.17) is 15.1 Å². The maximum atomic E-state index is 11.6. The summed E-state index contributed by atoms with van der Waals surface area (Å²) in [6, 6.07) is 6.50. The number of carbonyl (C=O) groups excluding carboxylic acids is 1. The number of carbonyl (C=O) groups is 2. The molecule has 0 bridgehead atoms. The molecule has 5 nitrogen and oxygen atoms in total. The molecule has 0 aliphatic rings. The highest BCUT2D eigenvalue weighted by molar-refractivity contribution is 5.90. The Morgan fingerprint density at radius 1 is 1.39 bits per heavy atom. The zero-order chi connectivity index (χ0) is 13.5. The van der Waals surface area contributed by atoms with E-state index in [9.17, 15) is 9.59 Å². The van der Waals surface area contributed by atoms with Crippen molar-refractivity contribution in [3.8, 4) is 6.07 Å². The van der Waals surface area contributed by atoms with Crippen LogP contribution in [-0.2, 0) is 16.0 Å². The first-order valence-electron chi connectivity index (χ1n) is 5.49. The molecule has 0 aromatic heterocycles. The van der Waals surface area contributed by atoms with Gasteiger partial charge in [0.2, 0.25) is 0 Å². The van der Waals surface area contributed by atoms with Crippen molar-refractivity contribution in [2.75, 3.05) is 6.61 Å². The van der Waals surface area contributed by atoms with Crippen molar-refractivity contribution in [3.05, 3.63) is 34.9 Å². The van der Waals surface area contributed by atoms with Crippen molar-refractivity contribution in [1.29, 1.82) is 5.26 Å². The lowest BCUT2D eigenvalue weighted by Gasteiger charge is -2.05. The standard InChI is InChI=1S/C13H13NO4/c1-2-18-13(17)11-6-9(3-4-12(15)16)5-10(7-11)8-14/h5-7H,2-4H2,1H3,(H,15,16). The van der Waals surface area contributed by atoms with Crippen LogP contribution in [-0.4, -0.2) is 23.7 Å². The van der Waals surface area contributed by atoms with Crippen LogP contribution in [0.3, 0.4) is 0 Å². The number of nitriles is 1. The van der Waals surface area contributed by atoms with Crippen molar-refractivity contribution in [2.24, 2.45) is 0 Å². The molecule has 0 unspecified atom stereocenters. The minimum absolute atomic E-state index is 0.0445. The molecule has 94 valence electrons. The lowest BCUT2D eigenvalue weighted by molar-refractivity contribution is -0.136. The predicted molar refractivity (Wildman–Crippen MR) is 63.1 cm³/mol. The number of nitrogens with zero attached hydrogens (tertiary/aromatic N) is 1. The van der Waals surface area contributed by atoms with Crippen LogP contribution in [0.15, 0.2) is 18.2 Å². The topological polar surface area (TPSA) is 87.4 Å². The Morgan fingerprint density at radius 3 is 2.67 bits per heavy atom. The van der Waals surface area contributed by atoms with E-state index in [1.807, 2.05) is 6.07 Å². The van der Waals surface area contributed by atoms with E-state index >= 15 is 0 Å². The van der Waals surface area contributed by atoms with Crippen molar-refractivity contribution in [3.63, 3.8) is 0 Å². The Morgan fingerprint density at radius 2 is 2.11 bits per heavy atom. The number of esters is 1. The number of carboxylic acids is 1. The second-order valence-electron chi connectivity index (χ2n) is 3.64. The van der Waals surface area contributed by atoms with Gasteiger partial charge in [-0.2, -0.15) is 5.26 Å². The second kappa shape index (κ2) is 6.40. The third-order valence-electron chi connectivity index (χ3n) is 2.26. The number of benzene rings is 1. The Labute approximate surface area is 105 Å². The molecule has 0 aliphatic carbocycles. The molecule has 1 aromatic rings. The van der Waals surface area contributed by atoms with Gasteiger partial charge >= 0.3 is 11.9 Å². The third-order valence-corrected chi connectivity index (χ3v) is 2.26. The minimum Gasteiger partial charge on any atom is -0.481 e. The van der Waals surface area contributed by atoms with Crippen LogP contribution in [0.2, 0.25) is 0 Å². The smallest absolute Gasteiger partial charge is 0.338 e. The molecule has 0 heterocycles. The average molecular weight is 247 g/mol. The van der Waals surface area contributed by atoms with Crippen molar-refractivity contribution in [2.45, 2.75) is 19.8 Å². The van der Waals surface area contributed by atoms with Crippen LogP contribution in [0.4, 0.5) is 0 Å². The molecule has 0 spiro atoms. The molecule has 1 N–H and O–H groups in total. The number of hydrogen-bond acceptors (Lipinski definition) is 4. The maximum Gasteiger partial charge on any atom is 0.338 e. The fourth-order valence-electron chi connectivity index (χ4n) is 1.48. The number of carboxylic acid groups (broad SMARTS) is 1. The Bertz CT molecular complexity index is 502. The summed E-state index contributed by atoms with van der Waals surface area (Å²) in [6.07, 6.45) is 0.231. The third kappa shape index (κ3) is 3.91. The van der Waals surface area contributed by atoms with Gasteiger partial charge in [-0.05, 0) is 37.1 Å². The van der Waals surface area contributed by atoms with Crippen LogP contribution in [0.25, 0.3) is 0 Å². The summed E-state index contributed by atoms with van der Waals surface area (Å²) in [7, 11) is 0. The van der Waals surface area contributed by atoms with Crippen LogP contribution in [0.5, 0.6) is 0 Å². The normalized spacial score (nSPS) is 9.56. The Balaban J connectivity index is 2.98. The van der Waals surface area contributed by atoms with Crippen LogP contribution in [0, 0.1) is 11.3 Å². The van der Waals surface area contributed by atoms with Gasteiger partial charge in [0, 0.05) is 6.42 Å². The van der Waals surface area contributed by atoms with Gasteiger partial charge in [-0.3, -0.25) is 4.79 Å². The lowest BCUT2D eigenvalue weighted by Crippen LogP contribution is -2.06. The zero-order valence-corrected chi connectivity index (χ0v) is 9.97. The summed E-state index contributed by atoms with van der Waals surface area (Å²) in [5.41, 5.74) is 1.23. The quantitative estimate of drug-likeness (QED) is 0.801. The van der Waals surface area contributed by atoms with Gasteiger partial charge in [-0.15, -0.1) is 0 Å². The highest BCUT2D eigenvalue weighted by atomic mass is 16.5. The van der Waals surface area contributed by atoms with E-state index < -0.39 is 11.9 Å². The molecular formula is C13H13NO4. The summed E-state index contributed by atoms with van der Waals surface area (Å²) in [5, 5.41) is 17.5. The zero-order valence-electron chi connectivity index (χ0n) is 9.97. The van der Waals surface area contributed by atoms with Gasteiger partial charge in [0.15, 0.2) is 0 Å². The second-order valence-corrected chi connectivity index (χ2v) is 3.64. The SMILES string of the molecule is CCOC(=O)c1cc(C#N)cc(CCC(=O)O)c1. The predicted octanol–water partition coefficient (Wildman–Crippen LogP) is 1.75. The van der Waals surface area contributed by atoms with Gasteiger partial charge in [-0.1, -0.05) is 0 Å². The van der Waals surface area contributed by atoms with Crippen molar-refractivity contribution >= 4 is 11.9 Å². The maximum absolute atomic E-state index is 11.6. The van der Waals surface area contributed by atoms with Crippen molar-refractivity contribution in [1.82, 2.24) is 0 Å². The molecule has 0 saturated heterocycles. The summed E-state index contributed by atoms with van der Waals surface area (Å²) in [4.78, 5) is 22.0. The lowest BCUT2D eigenvalue weighted by atomic mass is 10.0. The molecule has 0 atom stereocenters. The van der Waals surface area contributed by atoms with E-state index in [1.54, 1.807) is 19.1 Å². The number of aliphatic carboxylic acids is 1. The first-order chi connectivity index (χ1) is 8.56. The highest BCUT2D eigenvalue weighted by Crippen LogP contribution is 2.13. The van der Waals surface area contributed by atoms with E-state index in [0.717, 1.165) is 0 Å². The minimum atomic E-state index is -0.921. The van der Waals surface area contributed by atoms with Gasteiger partial charge < -0.3 is 9.84 Å². The fourth-order valence-corrected chi connectivity index (χ4v) is 1.48. The summed E-state index contributed by atoms with van der Waals surface area (Å²) in [5.74, 6) is -1.43. The van der Waals surface area contributed by atoms with E-state index in [2.05, 4.69) is 0 Å². The first kappa shape index (κ1) is 13.7. The van der Waals surface area contributed by atoms with Gasteiger partial charge in [0.05, 0.1) is 23.8 Å². The molecule has 0 radical (unpaired) electrons. The van der Waals surface area contributed by atoms with E-state index in [-0.39, 0.29) is 25.0 Å². The van der Waals surface area contributed by atoms with Crippen LogP contribution < -0.4 is 0 Å². The largest absolute Gasteiger partial charge is 0.481 e. The molecule has 1 rings (SSSR count). The van der Waals surface area contributed by atoms with Gasteiger partial charge in [-0.25, -0.2) is 4.79 Å². The molecule has 0 amide bonds. The summed E-state index contributed by atoms with van der Waals surface area (Å²) < 4.78 is 4.84. The number of aryl methyl sites for hydroxylation is 1. The number of rotatable bonds is 5. The van der Waals surface area contributed by atoms with E-state index in [1.165, 1.54) is 6.07 Å². The van der Waals surface area contributed by atoms with Crippen LogP contribution in [0.1, 0.15) is 34.8 Å². The van der Waals surface area contributed by atoms with Gasteiger partial charge in [0.1, 0.15) is 0 Å². The number of ether oxygens (including phenoxy) is 1. The first-order valence-corrected chi connectivity index (χ1v) is 5.49. The molecule has 1 aromatic carbocycles. The highest BCUT2D eigenvalue weighted by Gasteiger charge is 2.10. The van der Waals surface area contributed by atoms with E-state index in [0.29, 0.717) is 11.1 Å². The molecule has 0 saturated carbocycles. The molecular weight excluding hydrogens is 234 g/mol. The fraction of sp³-hybridized carbons (Fsp3) is 0.308. The Kier molecular flexibility index (Phi) is 4.88.